The Balaban J connectivity index is 2.73. The van der Waals surface area contributed by atoms with Crippen LogP contribution >= 0.6 is 0 Å². The molecule has 0 aliphatic carbocycles. The van der Waals surface area contributed by atoms with Gasteiger partial charge in [-0.2, -0.15) is 0 Å². The standard InChI is InChI=1S/C16H23BFNO7/c1-16(2,3)26-15(22)19-13(14(20)21)8-10-4-5-11(9-12(10)18)25-7-6-17(23)24/h4-5,9,13,23-24H,6-8H2,1-3H3,(H,19,22)(H,20,21). The highest BCUT2D eigenvalue weighted by molar-refractivity contribution is 6.41. The number of carbonyl (C=O) groups excluding carboxylic acids is 1. The lowest BCUT2D eigenvalue weighted by Crippen LogP contribution is -2.44. The third-order valence-electron chi connectivity index (χ3n) is 3.08. The molecule has 10 heteroatoms. The molecule has 0 fully saturated rings. The van der Waals surface area contributed by atoms with Crippen LogP contribution in [-0.2, 0) is 16.0 Å². The van der Waals surface area contributed by atoms with Crippen molar-refractivity contribution in [3.8, 4) is 5.75 Å². The quantitative estimate of drug-likeness (QED) is 0.506. The van der Waals surface area contributed by atoms with E-state index in [0.29, 0.717) is 0 Å². The number of carbonyl (C=O) groups is 2. The van der Waals surface area contributed by atoms with Gasteiger partial charge in [0.2, 0.25) is 0 Å². The van der Waals surface area contributed by atoms with Gasteiger partial charge in [0.1, 0.15) is 23.2 Å². The summed E-state index contributed by atoms with van der Waals surface area (Å²) in [5.41, 5.74) is -0.720. The van der Waals surface area contributed by atoms with Crippen LogP contribution in [-0.4, -0.2) is 52.6 Å². The molecule has 144 valence electrons. The molecule has 1 unspecified atom stereocenters. The molecule has 0 aromatic heterocycles. The fourth-order valence-corrected chi connectivity index (χ4v) is 1.94. The number of rotatable bonds is 8. The number of nitrogens with one attached hydrogen (secondary N) is 1. The van der Waals surface area contributed by atoms with Gasteiger partial charge in [-0.05, 0) is 32.4 Å². The molecule has 0 aliphatic rings. The normalized spacial score (nSPS) is 12.2. The van der Waals surface area contributed by atoms with Crippen LogP contribution in [0.4, 0.5) is 9.18 Å². The molecule has 0 bridgehead atoms. The number of carboxylic acids is 1. The van der Waals surface area contributed by atoms with Crippen molar-refractivity contribution in [3.63, 3.8) is 0 Å². The zero-order chi connectivity index (χ0) is 19.9. The number of hydrogen-bond donors (Lipinski definition) is 4. The Morgan fingerprint density at radius 3 is 2.46 bits per heavy atom. The first-order valence-electron chi connectivity index (χ1n) is 7.97. The van der Waals surface area contributed by atoms with Crippen molar-refractivity contribution in [2.24, 2.45) is 0 Å². The number of ether oxygens (including phenoxy) is 2. The van der Waals surface area contributed by atoms with Gasteiger partial charge in [0.05, 0.1) is 6.61 Å². The van der Waals surface area contributed by atoms with Crippen molar-refractivity contribution in [1.82, 2.24) is 5.32 Å². The van der Waals surface area contributed by atoms with Crippen molar-refractivity contribution >= 4 is 19.2 Å². The van der Waals surface area contributed by atoms with E-state index in [1.807, 2.05) is 0 Å². The molecule has 8 nitrogen and oxygen atoms in total. The number of aliphatic carboxylic acids is 1. The number of hydrogen-bond acceptors (Lipinski definition) is 6. The SMILES string of the molecule is CC(C)(C)OC(=O)NC(Cc1ccc(OCCB(O)O)cc1F)C(=O)O. The van der Waals surface area contributed by atoms with Crippen LogP contribution in [0.1, 0.15) is 26.3 Å². The van der Waals surface area contributed by atoms with Gasteiger partial charge in [0, 0.05) is 18.8 Å². The van der Waals surface area contributed by atoms with Crippen molar-refractivity contribution in [1.29, 1.82) is 0 Å². The zero-order valence-corrected chi connectivity index (χ0v) is 14.9. The molecule has 1 atom stereocenters. The number of benzene rings is 1. The second-order valence-corrected chi connectivity index (χ2v) is 6.61. The minimum absolute atomic E-state index is 0.0194. The predicted octanol–water partition coefficient (Wildman–Crippen LogP) is 1.20. The molecule has 0 saturated heterocycles. The lowest BCUT2D eigenvalue weighted by Gasteiger charge is -2.22. The van der Waals surface area contributed by atoms with Crippen LogP contribution in [0.2, 0.25) is 6.32 Å². The predicted molar refractivity (Wildman–Crippen MR) is 91.4 cm³/mol. The van der Waals surface area contributed by atoms with Gasteiger partial charge < -0.3 is 29.9 Å². The van der Waals surface area contributed by atoms with Crippen LogP contribution < -0.4 is 10.1 Å². The molecule has 0 spiro atoms. The van der Waals surface area contributed by atoms with Crippen molar-refractivity contribution in [3.05, 3.63) is 29.6 Å². The van der Waals surface area contributed by atoms with E-state index in [1.165, 1.54) is 12.1 Å². The van der Waals surface area contributed by atoms with Crippen molar-refractivity contribution in [2.75, 3.05) is 6.61 Å². The molecule has 26 heavy (non-hydrogen) atoms. The van der Waals surface area contributed by atoms with Gasteiger partial charge >= 0.3 is 19.2 Å². The maximum atomic E-state index is 14.2. The lowest BCUT2D eigenvalue weighted by atomic mass is 9.87. The molecular weight excluding hydrogens is 348 g/mol. The summed E-state index contributed by atoms with van der Waals surface area (Å²) in [6, 6.07) is 2.46. The zero-order valence-electron chi connectivity index (χ0n) is 14.9. The van der Waals surface area contributed by atoms with Gasteiger partial charge in [-0.1, -0.05) is 6.07 Å². The van der Waals surface area contributed by atoms with E-state index in [-0.39, 0.29) is 30.7 Å². The van der Waals surface area contributed by atoms with E-state index in [2.05, 4.69) is 5.32 Å². The van der Waals surface area contributed by atoms with Crippen LogP contribution in [0.5, 0.6) is 5.75 Å². The molecule has 0 aliphatic heterocycles. The Bertz CT molecular complexity index is 634. The van der Waals surface area contributed by atoms with E-state index >= 15 is 0 Å². The Morgan fingerprint density at radius 2 is 1.96 bits per heavy atom. The van der Waals surface area contributed by atoms with Gasteiger partial charge in [0.25, 0.3) is 0 Å². The highest BCUT2D eigenvalue weighted by Crippen LogP contribution is 2.19. The molecular formula is C16H23BFNO7. The van der Waals surface area contributed by atoms with Crippen LogP contribution in [0.25, 0.3) is 0 Å². The molecule has 1 rings (SSSR count). The van der Waals surface area contributed by atoms with E-state index in [9.17, 15) is 19.1 Å². The van der Waals surface area contributed by atoms with Gasteiger partial charge in [-0.15, -0.1) is 0 Å². The highest BCUT2D eigenvalue weighted by atomic mass is 19.1. The topological polar surface area (TPSA) is 125 Å². The van der Waals surface area contributed by atoms with Crippen LogP contribution in [0, 0.1) is 5.82 Å². The molecule has 4 N–H and O–H groups in total. The van der Waals surface area contributed by atoms with Crippen LogP contribution in [0.3, 0.4) is 0 Å². The molecule has 1 amide bonds. The fourth-order valence-electron chi connectivity index (χ4n) is 1.94. The molecule has 1 aromatic rings. The number of halogens is 1. The molecule has 0 saturated carbocycles. The summed E-state index contributed by atoms with van der Waals surface area (Å²) in [4.78, 5) is 23.0. The summed E-state index contributed by atoms with van der Waals surface area (Å²) in [7, 11) is -1.52. The monoisotopic (exact) mass is 371 g/mol. The van der Waals surface area contributed by atoms with E-state index in [0.717, 1.165) is 6.07 Å². The molecule has 1 aromatic carbocycles. The second kappa shape index (κ2) is 9.39. The third-order valence-corrected chi connectivity index (χ3v) is 3.08. The summed E-state index contributed by atoms with van der Waals surface area (Å²) < 4.78 is 24.3. The van der Waals surface area contributed by atoms with Crippen molar-refractivity contribution in [2.45, 2.75) is 45.2 Å². The maximum Gasteiger partial charge on any atom is 0.454 e. The summed E-state index contributed by atoms with van der Waals surface area (Å²) >= 11 is 0. The first kappa shape index (κ1) is 21.7. The van der Waals surface area contributed by atoms with E-state index < -0.39 is 36.6 Å². The fraction of sp³-hybridized carbons (Fsp3) is 0.500. The van der Waals surface area contributed by atoms with Crippen LogP contribution in [0.15, 0.2) is 18.2 Å². The average Bonchev–Trinajstić information content (AvgIpc) is 2.46. The van der Waals surface area contributed by atoms with E-state index in [1.54, 1.807) is 20.8 Å². The summed E-state index contributed by atoms with van der Waals surface area (Å²) in [6.07, 6.45) is -1.23. The largest absolute Gasteiger partial charge is 0.494 e. The van der Waals surface area contributed by atoms with Gasteiger partial charge in [-0.25, -0.2) is 14.0 Å². The van der Waals surface area contributed by atoms with Gasteiger partial charge in [-0.3, -0.25) is 0 Å². The van der Waals surface area contributed by atoms with Crippen molar-refractivity contribution < 1.29 is 38.6 Å². The smallest absolute Gasteiger partial charge is 0.454 e. The average molecular weight is 371 g/mol. The summed E-state index contributed by atoms with van der Waals surface area (Å²) in [5.74, 6) is -1.87. The highest BCUT2D eigenvalue weighted by Gasteiger charge is 2.25. The number of alkyl carbamates (subject to hydrolysis) is 1. The lowest BCUT2D eigenvalue weighted by molar-refractivity contribution is -0.139. The summed E-state index contributed by atoms with van der Waals surface area (Å²) in [6.45, 7) is 4.89. The third kappa shape index (κ3) is 8.17. The number of amides is 1. The first-order valence-corrected chi connectivity index (χ1v) is 7.97. The first-order chi connectivity index (χ1) is 12.0. The second-order valence-electron chi connectivity index (χ2n) is 6.61. The Hall–Kier alpha value is -2.33. The minimum Gasteiger partial charge on any atom is -0.494 e. The molecule has 0 heterocycles. The number of carboxylic acid groups (broad SMARTS) is 1. The minimum atomic E-state index is -1.52. The van der Waals surface area contributed by atoms with Gasteiger partial charge in [0.15, 0.2) is 0 Å². The molecule has 0 radical (unpaired) electrons. The Morgan fingerprint density at radius 1 is 1.31 bits per heavy atom. The summed E-state index contributed by atoms with van der Waals surface area (Å²) in [5, 5.41) is 28.9. The Labute approximate surface area is 151 Å². The Kier molecular flexibility index (Phi) is 7.85. The van der Waals surface area contributed by atoms with E-state index in [4.69, 9.17) is 19.5 Å². The maximum absolute atomic E-state index is 14.2.